The van der Waals surface area contributed by atoms with Crippen LogP contribution in [0.25, 0.3) is 5.69 Å². The van der Waals surface area contributed by atoms with Crippen molar-refractivity contribution < 1.29 is 14.6 Å². The van der Waals surface area contributed by atoms with Crippen LogP contribution in [-0.4, -0.2) is 44.8 Å². The predicted octanol–water partition coefficient (Wildman–Crippen LogP) is 3.56. The number of ether oxygens (including phenoxy) is 1. The van der Waals surface area contributed by atoms with E-state index >= 15 is 0 Å². The Balaban J connectivity index is 1.75. The molecule has 0 fully saturated rings. The van der Waals surface area contributed by atoms with Crippen LogP contribution in [0.5, 0.6) is 11.5 Å². The van der Waals surface area contributed by atoms with Crippen molar-refractivity contribution >= 4 is 29.1 Å². The molecular weight excluding hydrogens is 391 g/mol. The standard InChI is InChI=1S/C18H16Cl2N4O3/c1-23(9-11-3-5-13(27-2)6-4-11)18(26)17-21-10-24(22-17)12-7-14(19)16(25)15(20)8-12/h3-8,10,25H,9H2,1-2H3. The summed E-state index contributed by atoms with van der Waals surface area (Å²) in [6.45, 7) is 0.397. The third-order valence-corrected chi connectivity index (χ3v) is 4.45. The number of hydrogen-bond donors (Lipinski definition) is 1. The second-order valence-corrected chi connectivity index (χ2v) is 6.59. The first-order chi connectivity index (χ1) is 12.9. The van der Waals surface area contributed by atoms with Gasteiger partial charge in [-0.05, 0) is 29.8 Å². The number of benzene rings is 2. The van der Waals surface area contributed by atoms with Crippen molar-refractivity contribution in [3.8, 4) is 17.2 Å². The lowest BCUT2D eigenvalue weighted by Gasteiger charge is -2.15. The van der Waals surface area contributed by atoms with E-state index in [-0.39, 0.29) is 27.5 Å². The van der Waals surface area contributed by atoms with E-state index in [4.69, 9.17) is 27.9 Å². The van der Waals surface area contributed by atoms with E-state index in [1.165, 1.54) is 28.0 Å². The summed E-state index contributed by atoms with van der Waals surface area (Å²) in [5.41, 5.74) is 1.43. The Bertz CT molecular complexity index is 950. The van der Waals surface area contributed by atoms with Crippen LogP contribution in [0.2, 0.25) is 10.0 Å². The van der Waals surface area contributed by atoms with Crippen LogP contribution in [0, 0.1) is 0 Å². The van der Waals surface area contributed by atoms with Gasteiger partial charge in [0, 0.05) is 13.6 Å². The molecule has 0 bridgehead atoms. The molecule has 0 saturated heterocycles. The minimum Gasteiger partial charge on any atom is -0.505 e. The van der Waals surface area contributed by atoms with Gasteiger partial charge in [0.15, 0.2) is 5.75 Å². The molecule has 0 atom stereocenters. The summed E-state index contributed by atoms with van der Waals surface area (Å²) in [6, 6.07) is 10.4. The smallest absolute Gasteiger partial charge is 0.293 e. The van der Waals surface area contributed by atoms with E-state index in [9.17, 15) is 9.90 Å². The highest BCUT2D eigenvalue weighted by Crippen LogP contribution is 2.33. The topological polar surface area (TPSA) is 80.5 Å². The van der Waals surface area contributed by atoms with Gasteiger partial charge in [0.25, 0.3) is 5.91 Å². The molecule has 1 N–H and O–H groups in total. The largest absolute Gasteiger partial charge is 0.505 e. The number of hydrogen-bond acceptors (Lipinski definition) is 5. The summed E-state index contributed by atoms with van der Waals surface area (Å²) in [6.07, 6.45) is 1.38. The Morgan fingerprint density at radius 1 is 1.22 bits per heavy atom. The molecule has 140 valence electrons. The SMILES string of the molecule is COc1ccc(CN(C)C(=O)c2ncn(-c3cc(Cl)c(O)c(Cl)c3)n2)cc1. The molecule has 9 heteroatoms. The molecule has 0 aliphatic heterocycles. The first kappa shape index (κ1) is 19.0. The maximum atomic E-state index is 12.6. The summed E-state index contributed by atoms with van der Waals surface area (Å²) >= 11 is 11.8. The molecule has 0 spiro atoms. The van der Waals surface area contributed by atoms with Crippen LogP contribution in [-0.2, 0) is 6.54 Å². The van der Waals surface area contributed by atoms with Crippen molar-refractivity contribution in [3.63, 3.8) is 0 Å². The number of methoxy groups -OCH3 is 1. The molecule has 0 saturated carbocycles. The minimum absolute atomic E-state index is 0.0336. The number of nitrogens with zero attached hydrogens (tertiary/aromatic N) is 4. The van der Waals surface area contributed by atoms with Gasteiger partial charge in [0.2, 0.25) is 5.82 Å². The van der Waals surface area contributed by atoms with Crippen molar-refractivity contribution in [2.45, 2.75) is 6.54 Å². The average Bonchev–Trinajstić information content (AvgIpc) is 3.15. The quantitative estimate of drug-likeness (QED) is 0.700. The highest BCUT2D eigenvalue weighted by atomic mass is 35.5. The van der Waals surface area contributed by atoms with Gasteiger partial charge in [0.1, 0.15) is 12.1 Å². The first-order valence-corrected chi connectivity index (χ1v) is 8.63. The van der Waals surface area contributed by atoms with Gasteiger partial charge in [-0.3, -0.25) is 4.79 Å². The lowest BCUT2D eigenvalue weighted by atomic mass is 10.2. The molecule has 27 heavy (non-hydrogen) atoms. The van der Waals surface area contributed by atoms with E-state index in [1.807, 2.05) is 24.3 Å². The monoisotopic (exact) mass is 406 g/mol. The van der Waals surface area contributed by atoms with E-state index in [2.05, 4.69) is 10.1 Å². The lowest BCUT2D eigenvalue weighted by Crippen LogP contribution is -2.27. The Kier molecular flexibility index (Phi) is 5.53. The van der Waals surface area contributed by atoms with Crippen molar-refractivity contribution in [1.82, 2.24) is 19.7 Å². The number of phenols is 1. The van der Waals surface area contributed by atoms with E-state index < -0.39 is 0 Å². The second-order valence-electron chi connectivity index (χ2n) is 5.78. The van der Waals surface area contributed by atoms with E-state index in [1.54, 1.807) is 14.2 Å². The molecule has 1 aromatic heterocycles. The number of halogens is 2. The average molecular weight is 407 g/mol. The van der Waals surface area contributed by atoms with Gasteiger partial charge in [-0.15, -0.1) is 5.10 Å². The third kappa shape index (κ3) is 4.15. The minimum atomic E-state index is -0.333. The van der Waals surface area contributed by atoms with Crippen LogP contribution in [0.3, 0.4) is 0 Å². The van der Waals surface area contributed by atoms with Gasteiger partial charge >= 0.3 is 0 Å². The summed E-state index contributed by atoms with van der Waals surface area (Å²) in [7, 11) is 3.27. The van der Waals surface area contributed by atoms with Crippen LogP contribution in [0.1, 0.15) is 16.2 Å². The molecule has 2 aromatic carbocycles. The Morgan fingerprint density at radius 2 is 1.85 bits per heavy atom. The van der Waals surface area contributed by atoms with Crippen molar-refractivity contribution in [1.29, 1.82) is 0 Å². The summed E-state index contributed by atoms with van der Waals surface area (Å²) < 4.78 is 6.49. The van der Waals surface area contributed by atoms with Crippen LogP contribution in [0.4, 0.5) is 0 Å². The number of amides is 1. The maximum absolute atomic E-state index is 12.6. The summed E-state index contributed by atoms with van der Waals surface area (Å²) in [5.74, 6) is 0.240. The second kappa shape index (κ2) is 7.85. The molecule has 0 radical (unpaired) electrons. The van der Waals surface area contributed by atoms with Gasteiger partial charge in [-0.2, -0.15) is 0 Å². The fourth-order valence-electron chi connectivity index (χ4n) is 2.42. The zero-order chi connectivity index (χ0) is 19.6. The fourth-order valence-corrected chi connectivity index (χ4v) is 2.89. The van der Waals surface area contributed by atoms with Gasteiger partial charge in [-0.25, -0.2) is 9.67 Å². The van der Waals surface area contributed by atoms with Crippen molar-refractivity contribution in [2.75, 3.05) is 14.2 Å². The normalized spacial score (nSPS) is 10.7. The van der Waals surface area contributed by atoms with Crippen LogP contribution >= 0.6 is 23.2 Å². The van der Waals surface area contributed by atoms with E-state index in [0.717, 1.165) is 11.3 Å². The highest BCUT2D eigenvalue weighted by molar-refractivity contribution is 6.37. The number of aromatic nitrogens is 3. The van der Waals surface area contributed by atoms with Gasteiger partial charge in [0.05, 0.1) is 22.8 Å². The summed E-state index contributed by atoms with van der Waals surface area (Å²) in [4.78, 5) is 18.1. The molecule has 1 heterocycles. The molecule has 3 aromatic rings. The van der Waals surface area contributed by atoms with Crippen LogP contribution < -0.4 is 4.74 Å². The molecule has 7 nitrogen and oxygen atoms in total. The van der Waals surface area contributed by atoms with E-state index in [0.29, 0.717) is 12.2 Å². The van der Waals surface area contributed by atoms with Gasteiger partial charge in [-0.1, -0.05) is 35.3 Å². The number of carbonyl (C=O) groups is 1. The van der Waals surface area contributed by atoms with Crippen molar-refractivity contribution in [3.05, 3.63) is 64.2 Å². The number of aromatic hydroxyl groups is 1. The zero-order valence-corrected chi connectivity index (χ0v) is 16.1. The zero-order valence-electron chi connectivity index (χ0n) is 14.6. The number of carbonyl (C=O) groups excluding carboxylic acids is 1. The first-order valence-electron chi connectivity index (χ1n) is 7.87. The molecule has 0 aliphatic rings. The van der Waals surface area contributed by atoms with Crippen molar-refractivity contribution in [2.24, 2.45) is 0 Å². The Morgan fingerprint density at radius 3 is 2.44 bits per heavy atom. The number of rotatable bonds is 5. The van der Waals surface area contributed by atoms with Crippen LogP contribution in [0.15, 0.2) is 42.7 Å². The lowest BCUT2D eigenvalue weighted by molar-refractivity contribution is 0.0773. The highest BCUT2D eigenvalue weighted by Gasteiger charge is 2.18. The maximum Gasteiger partial charge on any atom is 0.293 e. The number of phenolic OH excluding ortho intramolecular Hbond substituents is 1. The molecule has 3 rings (SSSR count). The summed E-state index contributed by atoms with van der Waals surface area (Å²) in [5, 5.41) is 14.0. The third-order valence-electron chi connectivity index (χ3n) is 3.87. The molecule has 0 aliphatic carbocycles. The fraction of sp³-hybridized carbons (Fsp3) is 0.167. The molecule has 1 amide bonds. The molecule has 0 unspecified atom stereocenters. The Labute approximate surface area is 165 Å². The van der Waals surface area contributed by atoms with Gasteiger partial charge < -0.3 is 14.7 Å². The predicted molar refractivity (Wildman–Crippen MR) is 102 cm³/mol. The Hall–Kier alpha value is -2.77. The molecular formula is C18H16Cl2N4O3.